The van der Waals surface area contributed by atoms with E-state index in [2.05, 4.69) is 19.2 Å². The molecule has 0 aliphatic carbocycles. The van der Waals surface area contributed by atoms with Crippen molar-refractivity contribution in [3.05, 3.63) is 63.8 Å². The molecule has 0 aliphatic heterocycles. The van der Waals surface area contributed by atoms with Crippen LogP contribution in [0, 0.1) is 0 Å². The fraction of sp³-hybridized carbons (Fsp3) is 0.118. The van der Waals surface area contributed by atoms with Gasteiger partial charge in [-0.1, -0.05) is 6.07 Å². The summed E-state index contributed by atoms with van der Waals surface area (Å²) in [6.07, 6.45) is 0. The van der Waals surface area contributed by atoms with Crippen molar-refractivity contribution in [3.63, 3.8) is 0 Å². The number of hydrogen-bond acceptors (Lipinski definition) is 7. The van der Waals surface area contributed by atoms with Gasteiger partial charge in [0.25, 0.3) is 11.5 Å². The Hall–Kier alpha value is -2.91. The molecule has 0 aliphatic rings. The van der Waals surface area contributed by atoms with Gasteiger partial charge in [0.1, 0.15) is 16.7 Å². The van der Waals surface area contributed by atoms with Gasteiger partial charge in [0.2, 0.25) is 0 Å². The van der Waals surface area contributed by atoms with Crippen LogP contribution in [-0.4, -0.2) is 31.0 Å². The lowest BCUT2D eigenvalue weighted by Gasteiger charge is -2.08. The smallest absolute Gasteiger partial charge is 0.266 e. The van der Waals surface area contributed by atoms with E-state index in [1.807, 2.05) is 17.5 Å². The molecule has 0 atom stereocenters. The quantitative estimate of drug-likeness (QED) is 0.572. The van der Waals surface area contributed by atoms with Crippen LogP contribution in [0.25, 0.3) is 21.6 Å². The van der Waals surface area contributed by atoms with Crippen LogP contribution in [0.15, 0.2) is 52.6 Å². The number of amides is 1. The number of hydrogen-bond donors (Lipinski definition) is 1. The lowest BCUT2D eigenvalue weighted by molar-refractivity contribution is 0.0952. The van der Waals surface area contributed by atoms with Gasteiger partial charge in [-0.3, -0.25) is 9.59 Å². The first-order valence-corrected chi connectivity index (χ1v) is 9.44. The number of nitrogens with one attached hydrogen (secondary N) is 1. The van der Waals surface area contributed by atoms with Gasteiger partial charge in [-0.05, 0) is 35.7 Å². The topological polar surface area (TPSA) is 89.8 Å². The first-order chi connectivity index (χ1) is 12.7. The zero-order chi connectivity index (χ0) is 17.9. The van der Waals surface area contributed by atoms with Crippen LogP contribution < -0.4 is 10.9 Å². The summed E-state index contributed by atoms with van der Waals surface area (Å²) in [7, 11) is 0. The summed E-state index contributed by atoms with van der Waals surface area (Å²) in [5, 5.41) is 9.13. The van der Waals surface area contributed by atoms with Crippen LogP contribution in [0.4, 0.5) is 0 Å². The zero-order valence-electron chi connectivity index (χ0n) is 13.5. The number of thiophene rings is 1. The molecule has 4 aromatic rings. The third kappa shape index (κ3) is 3.39. The summed E-state index contributed by atoms with van der Waals surface area (Å²) in [5.74, 6) is -0.220. The highest BCUT2D eigenvalue weighted by Crippen LogP contribution is 2.21. The summed E-state index contributed by atoms with van der Waals surface area (Å²) in [6, 6.07) is 12.3. The molecule has 0 fully saturated rings. The Morgan fingerprint density at radius 2 is 2.00 bits per heavy atom. The number of benzene rings is 1. The van der Waals surface area contributed by atoms with Crippen molar-refractivity contribution in [2.45, 2.75) is 6.54 Å². The fourth-order valence-corrected chi connectivity index (χ4v) is 3.67. The fourth-order valence-electron chi connectivity index (χ4n) is 2.47. The lowest BCUT2D eigenvalue weighted by atomic mass is 10.2. The van der Waals surface area contributed by atoms with Crippen molar-refractivity contribution < 1.29 is 4.79 Å². The Balaban J connectivity index is 1.43. The highest BCUT2D eigenvalue weighted by Gasteiger charge is 2.09. The number of carbonyl (C=O) groups excluding carboxylic acids is 1. The van der Waals surface area contributed by atoms with Gasteiger partial charge in [-0.15, -0.1) is 11.3 Å². The first-order valence-electron chi connectivity index (χ1n) is 7.83. The van der Waals surface area contributed by atoms with E-state index in [4.69, 9.17) is 0 Å². The third-order valence-corrected chi connectivity index (χ3v) is 5.21. The third-order valence-electron chi connectivity index (χ3n) is 3.77. The monoisotopic (exact) mass is 383 g/mol. The van der Waals surface area contributed by atoms with E-state index < -0.39 is 0 Å². The predicted molar refractivity (Wildman–Crippen MR) is 102 cm³/mol. The minimum absolute atomic E-state index is 0.200. The van der Waals surface area contributed by atoms with Gasteiger partial charge < -0.3 is 5.32 Å². The first kappa shape index (κ1) is 16.6. The van der Waals surface area contributed by atoms with Crippen LogP contribution in [-0.2, 0) is 6.54 Å². The summed E-state index contributed by atoms with van der Waals surface area (Å²) in [5.41, 5.74) is 2.52. The van der Waals surface area contributed by atoms with Crippen LogP contribution >= 0.6 is 23.1 Å². The summed E-state index contributed by atoms with van der Waals surface area (Å²) >= 11 is 2.67. The van der Waals surface area contributed by atoms with Crippen molar-refractivity contribution in [3.8, 4) is 10.6 Å². The molecule has 0 radical (unpaired) electrons. The molecule has 9 heteroatoms. The second-order valence-corrected chi connectivity index (χ2v) is 6.96. The van der Waals surface area contributed by atoms with Crippen LogP contribution in [0.5, 0.6) is 0 Å². The van der Waals surface area contributed by atoms with Gasteiger partial charge in [-0.25, -0.2) is 4.68 Å². The predicted octanol–water partition coefficient (Wildman–Crippen LogP) is 2.41. The van der Waals surface area contributed by atoms with Gasteiger partial charge in [0, 0.05) is 18.2 Å². The molecule has 130 valence electrons. The van der Waals surface area contributed by atoms with Gasteiger partial charge in [0.05, 0.1) is 23.2 Å². The second kappa shape index (κ2) is 7.14. The molecule has 0 bridgehead atoms. The maximum Gasteiger partial charge on any atom is 0.266 e. The Morgan fingerprint density at radius 1 is 1.12 bits per heavy atom. The summed E-state index contributed by atoms with van der Waals surface area (Å²) < 4.78 is 9.61. The zero-order valence-corrected chi connectivity index (χ0v) is 15.1. The highest BCUT2D eigenvalue weighted by molar-refractivity contribution is 7.13. The van der Waals surface area contributed by atoms with Gasteiger partial charge in [0.15, 0.2) is 0 Å². The van der Waals surface area contributed by atoms with Crippen molar-refractivity contribution in [2.75, 3.05) is 6.54 Å². The standard InChI is InChI=1S/C17H13N5O2S2/c23-16-6-5-13(15-2-1-9-25-15)19-22(16)8-7-18-17(24)11-3-4-12-14(10-11)21-26-20-12/h1-6,9-10H,7-8H2,(H,18,24). The molecule has 0 saturated carbocycles. The molecule has 1 amide bonds. The normalized spacial score (nSPS) is 10.9. The molecule has 26 heavy (non-hydrogen) atoms. The van der Waals surface area contributed by atoms with Crippen molar-refractivity contribution >= 4 is 40.0 Å². The van der Waals surface area contributed by atoms with E-state index in [0.29, 0.717) is 24.2 Å². The molecule has 4 rings (SSSR count). The Morgan fingerprint density at radius 3 is 2.85 bits per heavy atom. The maximum absolute atomic E-state index is 12.3. The van der Waals surface area contributed by atoms with E-state index in [9.17, 15) is 9.59 Å². The molecule has 0 saturated heterocycles. The average Bonchev–Trinajstić information content (AvgIpc) is 3.34. The van der Waals surface area contributed by atoms with Crippen molar-refractivity contribution in [1.29, 1.82) is 0 Å². The van der Waals surface area contributed by atoms with E-state index in [0.717, 1.165) is 27.8 Å². The van der Waals surface area contributed by atoms with Crippen LogP contribution in [0.3, 0.4) is 0 Å². The largest absolute Gasteiger partial charge is 0.350 e. The molecule has 0 spiro atoms. The average molecular weight is 383 g/mol. The molecule has 3 aromatic heterocycles. The number of aromatic nitrogens is 4. The Bertz CT molecular complexity index is 1120. The SMILES string of the molecule is O=C(NCCn1nc(-c2cccs2)ccc1=O)c1ccc2nsnc2c1. The number of nitrogens with zero attached hydrogens (tertiary/aromatic N) is 4. The molecular weight excluding hydrogens is 370 g/mol. The number of carbonyl (C=O) groups is 1. The molecule has 1 aromatic carbocycles. The van der Waals surface area contributed by atoms with E-state index in [-0.39, 0.29) is 11.5 Å². The van der Waals surface area contributed by atoms with Gasteiger partial charge >= 0.3 is 0 Å². The Labute approximate surface area is 156 Å². The van der Waals surface area contributed by atoms with Gasteiger partial charge in [-0.2, -0.15) is 13.8 Å². The number of rotatable bonds is 5. The maximum atomic E-state index is 12.3. The van der Waals surface area contributed by atoms with E-state index in [1.54, 1.807) is 35.6 Å². The summed E-state index contributed by atoms with van der Waals surface area (Å²) in [4.78, 5) is 25.3. The summed E-state index contributed by atoms with van der Waals surface area (Å²) in [6.45, 7) is 0.595. The Kier molecular flexibility index (Phi) is 4.55. The minimum Gasteiger partial charge on any atom is -0.350 e. The minimum atomic E-state index is -0.220. The van der Waals surface area contributed by atoms with Crippen molar-refractivity contribution in [2.24, 2.45) is 0 Å². The second-order valence-electron chi connectivity index (χ2n) is 5.48. The molecular formula is C17H13N5O2S2. The lowest BCUT2D eigenvalue weighted by Crippen LogP contribution is -2.31. The van der Waals surface area contributed by atoms with E-state index >= 15 is 0 Å². The molecule has 1 N–H and O–H groups in total. The molecule has 0 unspecified atom stereocenters. The molecule has 7 nitrogen and oxygen atoms in total. The van der Waals surface area contributed by atoms with Crippen LogP contribution in [0.2, 0.25) is 0 Å². The van der Waals surface area contributed by atoms with Crippen molar-refractivity contribution in [1.82, 2.24) is 23.8 Å². The van der Waals surface area contributed by atoms with E-state index in [1.165, 1.54) is 10.7 Å². The van der Waals surface area contributed by atoms with Crippen LogP contribution in [0.1, 0.15) is 10.4 Å². The highest BCUT2D eigenvalue weighted by atomic mass is 32.1. The molecule has 3 heterocycles. The number of fused-ring (bicyclic) bond motifs is 1.